The number of H-pyrrole nitrogens is 2. The van der Waals surface area contributed by atoms with Gasteiger partial charge in [-0.15, -0.1) is 0 Å². The molecular weight excluding hydrogens is 550 g/mol. The second-order valence-corrected chi connectivity index (χ2v) is 10.6. The average molecular weight is 585 g/mol. The predicted octanol–water partition coefficient (Wildman–Crippen LogP) is 6.92. The minimum atomic E-state index is -0.954. The first-order valence-electron chi connectivity index (χ1n) is 14.7. The van der Waals surface area contributed by atoms with Crippen LogP contribution >= 0.6 is 0 Å². The number of rotatable bonds is 7. The van der Waals surface area contributed by atoms with Crippen LogP contribution in [0.25, 0.3) is 55.2 Å². The van der Waals surface area contributed by atoms with Gasteiger partial charge in [0.1, 0.15) is 23.4 Å². The molecule has 0 saturated carbocycles. The summed E-state index contributed by atoms with van der Waals surface area (Å²) >= 11 is 0. The minimum Gasteiger partial charge on any atom is -0.453 e. The Bertz CT molecular complexity index is 1970. The Hall–Kier alpha value is -4.41. The van der Waals surface area contributed by atoms with E-state index in [1.54, 1.807) is 42.7 Å². The second kappa shape index (κ2) is 12.1. The molecule has 0 radical (unpaired) electrons. The Kier molecular flexibility index (Phi) is 8.05. The van der Waals surface area contributed by atoms with Gasteiger partial charge in [0.05, 0.1) is 47.1 Å². The molecule has 1 aliphatic heterocycles. The molecular formula is C33H34F2N6O2. The van der Waals surface area contributed by atoms with Crippen molar-refractivity contribution in [2.75, 3.05) is 13.1 Å². The van der Waals surface area contributed by atoms with Gasteiger partial charge in [0.15, 0.2) is 11.4 Å². The van der Waals surface area contributed by atoms with Crippen LogP contribution in [0.5, 0.6) is 0 Å². The fraction of sp³-hybridized carbons (Fsp3) is 0.303. The van der Waals surface area contributed by atoms with Gasteiger partial charge in [-0.1, -0.05) is 26.0 Å². The average Bonchev–Trinajstić information content (AvgIpc) is 3.81. The van der Waals surface area contributed by atoms with E-state index in [0.29, 0.717) is 39.8 Å². The molecule has 4 heterocycles. The molecule has 1 aliphatic rings. The zero-order chi connectivity index (χ0) is 30.1. The van der Waals surface area contributed by atoms with Crippen molar-refractivity contribution in [1.29, 1.82) is 0 Å². The summed E-state index contributed by atoms with van der Waals surface area (Å²) in [6.07, 6.45) is 4.65. The Labute approximate surface area is 246 Å². The molecule has 3 aromatic heterocycles. The number of aromatic nitrogens is 4. The molecule has 43 heavy (non-hydrogen) atoms. The van der Waals surface area contributed by atoms with Crippen LogP contribution in [-0.2, 0) is 6.54 Å². The Morgan fingerprint density at radius 1 is 1.00 bits per heavy atom. The van der Waals surface area contributed by atoms with Crippen molar-refractivity contribution >= 4 is 32.7 Å². The van der Waals surface area contributed by atoms with Crippen LogP contribution < -0.4 is 16.1 Å². The topological polar surface area (TPSA) is 112 Å². The van der Waals surface area contributed by atoms with Crippen LogP contribution in [-0.4, -0.2) is 39.2 Å². The molecule has 3 aromatic carbocycles. The van der Waals surface area contributed by atoms with Gasteiger partial charge in [-0.05, 0) is 62.0 Å². The highest BCUT2D eigenvalue weighted by Gasteiger charge is 2.20. The summed E-state index contributed by atoms with van der Waals surface area (Å²) in [5.41, 5.74) is 3.04. The molecule has 4 N–H and O–H groups in total. The summed E-state index contributed by atoms with van der Waals surface area (Å²) in [5.74, 6) is 0.973. The molecule has 0 amide bonds. The van der Waals surface area contributed by atoms with Crippen molar-refractivity contribution in [3.05, 3.63) is 82.5 Å². The fourth-order valence-electron chi connectivity index (χ4n) is 5.57. The molecule has 2 atom stereocenters. The molecule has 222 valence electrons. The summed E-state index contributed by atoms with van der Waals surface area (Å²) in [4.78, 5) is 29.1. The molecule has 0 aliphatic carbocycles. The third kappa shape index (κ3) is 5.55. The van der Waals surface area contributed by atoms with Crippen LogP contribution in [0.4, 0.5) is 8.78 Å². The van der Waals surface area contributed by atoms with Crippen molar-refractivity contribution in [2.45, 2.75) is 52.4 Å². The number of hydrogen-bond donors (Lipinski definition) is 4. The van der Waals surface area contributed by atoms with E-state index in [1.807, 2.05) is 26.0 Å². The van der Waals surface area contributed by atoms with Crippen molar-refractivity contribution in [1.82, 2.24) is 30.6 Å². The monoisotopic (exact) mass is 584 g/mol. The SMILES string of the molecule is CC.C[C@@H](F)CNCc1ncc(-c2ccc3oc4c(F)c5ccc(-c6cnc([C@@H]7CCCN7)[nH]6)cc5cc4c(=O)c3c2)[nH]1. The van der Waals surface area contributed by atoms with Crippen LogP contribution in [0.15, 0.2) is 64.1 Å². The van der Waals surface area contributed by atoms with E-state index >= 15 is 4.39 Å². The molecule has 1 saturated heterocycles. The number of alkyl halides is 1. The molecule has 8 nitrogen and oxygen atoms in total. The summed E-state index contributed by atoms with van der Waals surface area (Å²) < 4.78 is 34.7. The maximum atomic E-state index is 15.7. The minimum absolute atomic E-state index is 0.0661. The fourth-order valence-corrected chi connectivity index (χ4v) is 5.57. The van der Waals surface area contributed by atoms with E-state index in [-0.39, 0.29) is 29.0 Å². The zero-order valence-electron chi connectivity index (χ0n) is 24.4. The molecule has 0 bridgehead atoms. The van der Waals surface area contributed by atoms with E-state index in [9.17, 15) is 9.18 Å². The Morgan fingerprint density at radius 2 is 1.77 bits per heavy atom. The van der Waals surface area contributed by atoms with Crippen LogP contribution in [0, 0.1) is 5.82 Å². The standard InChI is InChI=1S/C31H28F2N6O2.C2H6/c1-16(32)12-34-15-27-36-13-24(38-27)18-5-7-26-21(10-18)29(40)22-11-19-9-17(4-6-20(19)28(33)30(22)41-26)25-14-37-31(39-25)23-3-2-8-35-23;1-2/h4-7,9-11,13-14,16,23,34-35H,2-3,8,12,15H2,1H3,(H,36,38)(H,37,39);1-2H3/t16-,23+;/m1./s1. The lowest BCUT2D eigenvalue weighted by Crippen LogP contribution is -2.21. The Balaban J connectivity index is 0.00000161. The maximum absolute atomic E-state index is 15.7. The third-order valence-electron chi connectivity index (χ3n) is 7.67. The van der Waals surface area contributed by atoms with Gasteiger partial charge < -0.3 is 25.0 Å². The summed E-state index contributed by atoms with van der Waals surface area (Å²) in [7, 11) is 0. The quantitative estimate of drug-likeness (QED) is 0.152. The number of halogens is 2. The number of aromatic amines is 2. The molecule has 0 spiro atoms. The molecule has 1 fully saturated rings. The van der Waals surface area contributed by atoms with E-state index in [1.165, 1.54) is 6.92 Å². The highest BCUT2D eigenvalue weighted by atomic mass is 19.1. The highest BCUT2D eigenvalue weighted by molar-refractivity contribution is 6.01. The van der Waals surface area contributed by atoms with E-state index in [2.05, 4.69) is 30.6 Å². The van der Waals surface area contributed by atoms with E-state index in [0.717, 1.165) is 42.0 Å². The molecule has 7 rings (SSSR count). The highest BCUT2D eigenvalue weighted by Crippen LogP contribution is 2.32. The summed E-state index contributed by atoms with van der Waals surface area (Å²) in [6.45, 7) is 7.08. The van der Waals surface area contributed by atoms with E-state index < -0.39 is 12.0 Å². The van der Waals surface area contributed by atoms with Gasteiger partial charge in [-0.25, -0.2) is 18.7 Å². The van der Waals surface area contributed by atoms with Crippen LogP contribution in [0.3, 0.4) is 0 Å². The van der Waals surface area contributed by atoms with Gasteiger partial charge in [0.25, 0.3) is 0 Å². The lowest BCUT2D eigenvalue weighted by molar-refractivity contribution is 0.343. The number of nitrogens with one attached hydrogen (secondary N) is 4. The smallest absolute Gasteiger partial charge is 0.200 e. The van der Waals surface area contributed by atoms with Gasteiger partial charge in [-0.2, -0.15) is 0 Å². The largest absolute Gasteiger partial charge is 0.453 e. The second-order valence-electron chi connectivity index (χ2n) is 10.6. The first kappa shape index (κ1) is 28.7. The first-order chi connectivity index (χ1) is 20.9. The lowest BCUT2D eigenvalue weighted by atomic mass is 10.0. The molecule has 10 heteroatoms. The molecule has 0 unspecified atom stereocenters. The number of benzene rings is 3. The van der Waals surface area contributed by atoms with Crippen molar-refractivity contribution in [3.8, 4) is 22.5 Å². The normalized spacial score (nSPS) is 15.7. The van der Waals surface area contributed by atoms with Crippen LogP contribution in [0.1, 0.15) is 51.3 Å². The number of imidazole rings is 2. The predicted molar refractivity (Wildman–Crippen MR) is 166 cm³/mol. The van der Waals surface area contributed by atoms with Gasteiger partial charge >= 0.3 is 0 Å². The van der Waals surface area contributed by atoms with Crippen molar-refractivity contribution in [2.24, 2.45) is 0 Å². The summed E-state index contributed by atoms with van der Waals surface area (Å²) in [6, 6.07) is 12.5. The van der Waals surface area contributed by atoms with Crippen LogP contribution in [0.2, 0.25) is 0 Å². The maximum Gasteiger partial charge on any atom is 0.200 e. The van der Waals surface area contributed by atoms with Gasteiger partial charge in [0.2, 0.25) is 5.43 Å². The lowest BCUT2D eigenvalue weighted by Gasteiger charge is -2.09. The van der Waals surface area contributed by atoms with Gasteiger partial charge in [-0.3, -0.25) is 4.79 Å². The number of hydrogen-bond acceptors (Lipinski definition) is 6. The first-order valence-corrected chi connectivity index (χ1v) is 14.7. The van der Waals surface area contributed by atoms with Crippen molar-refractivity contribution < 1.29 is 13.2 Å². The number of nitrogens with zero attached hydrogens (tertiary/aromatic N) is 2. The summed E-state index contributed by atoms with van der Waals surface area (Å²) in [5, 5.41) is 7.91. The zero-order valence-corrected chi connectivity index (χ0v) is 24.4. The van der Waals surface area contributed by atoms with Crippen molar-refractivity contribution in [3.63, 3.8) is 0 Å². The van der Waals surface area contributed by atoms with Gasteiger partial charge in [0, 0.05) is 23.1 Å². The number of fused-ring (bicyclic) bond motifs is 3. The molecule has 6 aromatic rings. The third-order valence-corrected chi connectivity index (χ3v) is 7.67. The van der Waals surface area contributed by atoms with E-state index in [4.69, 9.17) is 4.42 Å². The Morgan fingerprint density at radius 3 is 2.56 bits per heavy atom.